The number of hydrogen-bond donors (Lipinski definition) is 5. The molecular formula is C21H26N2O6. The maximum Gasteiger partial charge on any atom is 0.323 e. The zero-order chi connectivity index (χ0) is 21.8. The number of rotatable bonds is 8. The van der Waals surface area contributed by atoms with E-state index in [1.54, 1.807) is 36.4 Å². The number of nitrogens with two attached hydrogens (primary N) is 2. The molecule has 0 fully saturated rings. The lowest BCUT2D eigenvalue weighted by molar-refractivity contribution is -0.144. The van der Waals surface area contributed by atoms with Crippen LogP contribution in [0.2, 0.25) is 0 Å². The molecule has 2 aromatic carbocycles. The van der Waals surface area contributed by atoms with Crippen LogP contribution in [0, 0.1) is 0 Å². The number of carbonyl (C=O) groups excluding carboxylic acids is 1. The Morgan fingerprint density at radius 3 is 1.69 bits per heavy atom. The highest BCUT2D eigenvalue weighted by Crippen LogP contribution is 2.11. The lowest BCUT2D eigenvalue weighted by atomic mass is 10.1. The number of carbonyl (C=O) groups is 2. The zero-order valence-corrected chi connectivity index (χ0v) is 15.9. The standard InChI is InChI=1S/C12H15NO3.C9H11NO3/c1-2-7-16-12(15)11(13)8-9-3-5-10(14)6-4-9;10-8(9(12)13)5-6-1-3-7(11)4-2-6/h2-6,11,14H,1,7-8,13H2;1-4,8,11H,5,10H2,(H,12,13). The van der Waals surface area contributed by atoms with Gasteiger partial charge in [-0.2, -0.15) is 0 Å². The van der Waals surface area contributed by atoms with Gasteiger partial charge in [0.2, 0.25) is 0 Å². The molecule has 29 heavy (non-hydrogen) atoms. The molecular weight excluding hydrogens is 376 g/mol. The Balaban J connectivity index is 0.000000296. The molecule has 0 heterocycles. The first-order valence-electron chi connectivity index (χ1n) is 8.80. The number of aromatic hydroxyl groups is 2. The van der Waals surface area contributed by atoms with E-state index in [4.69, 9.17) is 31.5 Å². The van der Waals surface area contributed by atoms with E-state index in [1.165, 1.54) is 18.2 Å². The van der Waals surface area contributed by atoms with Crippen molar-refractivity contribution in [2.75, 3.05) is 6.61 Å². The van der Waals surface area contributed by atoms with Crippen molar-refractivity contribution in [3.05, 3.63) is 72.3 Å². The summed E-state index contributed by atoms with van der Waals surface area (Å²) in [4.78, 5) is 21.7. The quantitative estimate of drug-likeness (QED) is 0.327. The SMILES string of the molecule is C=CCOC(=O)C(N)Cc1ccc(O)cc1.NC(Cc1ccc(O)cc1)C(=O)O. The average molecular weight is 402 g/mol. The largest absolute Gasteiger partial charge is 0.508 e. The first-order chi connectivity index (χ1) is 13.7. The highest BCUT2D eigenvalue weighted by molar-refractivity contribution is 5.76. The molecule has 8 heteroatoms. The summed E-state index contributed by atoms with van der Waals surface area (Å²) in [6.45, 7) is 3.61. The Morgan fingerprint density at radius 2 is 1.31 bits per heavy atom. The third-order valence-electron chi connectivity index (χ3n) is 3.75. The average Bonchev–Trinajstić information content (AvgIpc) is 2.70. The molecule has 156 valence electrons. The first kappa shape index (κ1) is 23.7. The minimum absolute atomic E-state index is 0.160. The molecule has 0 saturated carbocycles. The van der Waals surface area contributed by atoms with Crippen LogP contribution in [0.1, 0.15) is 11.1 Å². The van der Waals surface area contributed by atoms with E-state index in [-0.39, 0.29) is 24.5 Å². The van der Waals surface area contributed by atoms with Crippen molar-refractivity contribution in [1.29, 1.82) is 0 Å². The number of phenolic OH excluding ortho intramolecular Hbond substituents is 2. The number of esters is 1. The summed E-state index contributed by atoms with van der Waals surface area (Å²) in [5, 5.41) is 26.6. The van der Waals surface area contributed by atoms with Crippen molar-refractivity contribution in [3.8, 4) is 11.5 Å². The summed E-state index contributed by atoms with van der Waals surface area (Å²) in [5.74, 6) is -1.12. The number of phenols is 2. The van der Waals surface area contributed by atoms with E-state index < -0.39 is 24.0 Å². The van der Waals surface area contributed by atoms with Gasteiger partial charge in [0.15, 0.2) is 0 Å². The van der Waals surface area contributed by atoms with E-state index in [9.17, 15) is 9.59 Å². The van der Waals surface area contributed by atoms with Crippen LogP contribution < -0.4 is 11.5 Å². The fourth-order valence-corrected chi connectivity index (χ4v) is 2.19. The van der Waals surface area contributed by atoms with Crippen LogP contribution in [0.5, 0.6) is 11.5 Å². The smallest absolute Gasteiger partial charge is 0.323 e. The number of ether oxygens (including phenoxy) is 1. The van der Waals surface area contributed by atoms with Crippen LogP contribution in [0.3, 0.4) is 0 Å². The highest BCUT2D eigenvalue weighted by Gasteiger charge is 2.15. The molecule has 0 radical (unpaired) electrons. The topological polar surface area (TPSA) is 156 Å². The Morgan fingerprint density at radius 1 is 0.897 bits per heavy atom. The molecule has 0 amide bonds. The van der Waals surface area contributed by atoms with Gasteiger partial charge in [-0.1, -0.05) is 36.9 Å². The molecule has 0 spiro atoms. The fraction of sp³-hybridized carbons (Fsp3) is 0.238. The molecule has 0 aromatic heterocycles. The summed E-state index contributed by atoms with van der Waals surface area (Å²) in [6, 6.07) is 11.3. The molecule has 2 unspecified atom stereocenters. The number of carboxylic acid groups (broad SMARTS) is 1. The van der Waals surface area contributed by atoms with Crippen molar-refractivity contribution < 1.29 is 29.6 Å². The van der Waals surface area contributed by atoms with Gasteiger partial charge in [-0.3, -0.25) is 9.59 Å². The zero-order valence-electron chi connectivity index (χ0n) is 15.9. The lowest BCUT2D eigenvalue weighted by Crippen LogP contribution is -2.34. The summed E-state index contributed by atoms with van der Waals surface area (Å²) in [6.07, 6.45) is 2.15. The van der Waals surface area contributed by atoms with Crippen molar-refractivity contribution in [2.45, 2.75) is 24.9 Å². The number of carboxylic acids is 1. The maximum absolute atomic E-state index is 11.3. The molecule has 2 rings (SSSR count). The molecule has 2 aromatic rings. The number of hydrogen-bond acceptors (Lipinski definition) is 7. The second-order valence-electron chi connectivity index (χ2n) is 6.21. The number of aliphatic carboxylic acids is 1. The Bertz CT molecular complexity index is 790. The second kappa shape index (κ2) is 12.2. The van der Waals surface area contributed by atoms with Gasteiger partial charge in [0.25, 0.3) is 0 Å². The van der Waals surface area contributed by atoms with Crippen molar-refractivity contribution >= 4 is 11.9 Å². The number of benzene rings is 2. The third-order valence-corrected chi connectivity index (χ3v) is 3.75. The van der Waals surface area contributed by atoms with Crippen LogP contribution in [-0.4, -0.2) is 45.9 Å². The van der Waals surface area contributed by atoms with Gasteiger partial charge < -0.3 is 31.5 Å². The van der Waals surface area contributed by atoms with Crippen molar-refractivity contribution in [1.82, 2.24) is 0 Å². The predicted molar refractivity (Wildman–Crippen MR) is 108 cm³/mol. The van der Waals surface area contributed by atoms with E-state index in [1.807, 2.05) is 0 Å². The normalized spacial score (nSPS) is 12.1. The van der Waals surface area contributed by atoms with Crippen LogP contribution >= 0.6 is 0 Å². The van der Waals surface area contributed by atoms with E-state index in [2.05, 4.69) is 6.58 Å². The summed E-state index contributed by atoms with van der Waals surface area (Å²) >= 11 is 0. The van der Waals surface area contributed by atoms with Crippen molar-refractivity contribution in [3.63, 3.8) is 0 Å². The Kier molecular flexibility index (Phi) is 9.94. The predicted octanol–water partition coefficient (Wildman–Crippen LogP) is 1.34. The van der Waals surface area contributed by atoms with Gasteiger partial charge in [0, 0.05) is 0 Å². The van der Waals surface area contributed by atoms with Crippen LogP contribution in [0.15, 0.2) is 61.2 Å². The van der Waals surface area contributed by atoms with Crippen LogP contribution in [-0.2, 0) is 27.2 Å². The van der Waals surface area contributed by atoms with Crippen molar-refractivity contribution in [2.24, 2.45) is 11.5 Å². The molecule has 2 atom stereocenters. The minimum Gasteiger partial charge on any atom is -0.508 e. The minimum atomic E-state index is -1.02. The maximum atomic E-state index is 11.3. The molecule has 0 saturated heterocycles. The Labute approximate surface area is 169 Å². The summed E-state index contributed by atoms with van der Waals surface area (Å²) in [5.41, 5.74) is 12.7. The molecule has 0 bridgehead atoms. The van der Waals surface area contributed by atoms with Gasteiger partial charge in [0.05, 0.1) is 0 Å². The first-order valence-corrected chi connectivity index (χ1v) is 8.80. The van der Waals surface area contributed by atoms with Crippen LogP contribution in [0.4, 0.5) is 0 Å². The van der Waals surface area contributed by atoms with E-state index in [0.717, 1.165) is 11.1 Å². The molecule has 7 N–H and O–H groups in total. The fourth-order valence-electron chi connectivity index (χ4n) is 2.19. The highest BCUT2D eigenvalue weighted by atomic mass is 16.5. The summed E-state index contributed by atoms with van der Waals surface area (Å²) < 4.78 is 4.82. The van der Waals surface area contributed by atoms with Gasteiger partial charge in [0.1, 0.15) is 30.2 Å². The molecule has 0 aliphatic rings. The van der Waals surface area contributed by atoms with Gasteiger partial charge in [-0.15, -0.1) is 0 Å². The third kappa shape index (κ3) is 9.41. The summed E-state index contributed by atoms with van der Waals surface area (Å²) in [7, 11) is 0. The molecule has 0 aliphatic carbocycles. The Hall–Kier alpha value is -3.36. The van der Waals surface area contributed by atoms with E-state index in [0.29, 0.717) is 6.42 Å². The molecule has 8 nitrogen and oxygen atoms in total. The van der Waals surface area contributed by atoms with Gasteiger partial charge in [-0.05, 0) is 48.2 Å². The van der Waals surface area contributed by atoms with Gasteiger partial charge >= 0.3 is 11.9 Å². The van der Waals surface area contributed by atoms with E-state index >= 15 is 0 Å². The molecule has 0 aliphatic heterocycles. The van der Waals surface area contributed by atoms with Crippen LogP contribution in [0.25, 0.3) is 0 Å². The monoisotopic (exact) mass is 402 g/mol. The lowest BCUT2D eigenvalue weighted by Gasteiger charge is -2.10. The van der Waals surface area contributed by atoms with Gasteiger partial charge in [-0.25, -0.2) is 0 Å². The second-order valence-corrected chi connectivity index (χ2v) is 6.21.